The molecule has 0 atom stereocenters. The quantitative estimate of drug-likeness (QED) is 0.122. The summed E-state index contributed by atoms with van der Waals surface area (Å²) in [6, 6.07) is 0. The van der Waals surface area contributed by atoms with Crippen LogP contribution in [0.4, 0.5) is 4.79 Å². The van der Waals surface area contributed by atoms with Gasteiger partial charge in [0, 0.05) is 11.1 Å². The fraction of sp³-hybridized carbons (Fsp3) is 0.741. The normalized spacial score (nSPS) is 10.9. The lowest BCUT2D eigenvalue weighted by atomic mass is 9.93. The van der Waals surface area contributed by atoms with Crippen LogP contribution in [0, 0.1) is 0 Å². The monoisotopic (exact) mass is 466 g/mol. The van der Waals surface area contributed by atoms with Gasteiger partial charge in [0.1, 0.15) is 0 Å². The van der Waals surface area contributed by atoms with E-state index in [1.165, 1.54) is 25.7 Å². The number of hydrogen-bond donors (Lipinski definition) is 2. The molecule has 0 unspecified atom stereocenters. The third-order valence-corrected chi connectivity index (χ3v) is 5.70. The fourth-order valence-electron chi connectivity index (χ4n) is 4.00. The van der Waals surface area contributed by atoms with Crippen molar-refractivity contribution in [1.82, 2.24) is 0 Å². The second kappa shape index (κ2) is 17.4. The zero-order valence-corrected chi connectivity index (χ0v) is 21.3. The van der Waals surface area contributed by atoms with Crippen LogP contribution in [0.25, 0.3) is 0 Å². The zero-order valence-electron chi connectivity index (χ0n) is 21.3. The van der Waals surface area contributed by atoms with Crippen LogP contribution in [0.2, 0.25) is 0 Å². The Morgan fingerprint density at radius 3 is 1.55 bits per heavy atom. The van der Waals surface area contributed by atoms with Gasteiger partial charge < -0.3 is 24.4 Å². The van der Waals surface area contributed by atoms with Gasteiger partial charge >= 0.3 is 6.16 Å². The first-order valence-corrected chi connectivity index (χ1v) is 13.1. The molecule has 0 aromatic heterocycles. The van der Waals surface area contributed by atoms with Gasteiger partial charge in [-0.2, -0.15) is 0 Å². The molecule has 0 saturated carbocycles. The number of carboxylic acid groups (broad SMARTS) is 1. The average Bonchev–Trinajstić information content (AvgIpc) is 2.79. The third kappa shape index (κ3) is 10.1. The maximum absolute atomic E-state index is 11.5. The maximum atomic E-state index is 11.5. The van der Waals surface area contributed by atoms with Gasteiger partial charge in [0.05, 0.1) is 13.2 Å². The van der Waals surface area contributed by atoms with E-state index in [1.807, 2.05) is 13.8 Å². The molecule has 0 fully saturated rings. The lowest BCUT2D eigenvalue weighted by Crippen LogP contribution is -2.12. The van der Waals surface area contributed by atoms with Gasteiger partial charge in [-0.15, -0.1) is 0 Å². The lowest BCUT2D eigenvalue weighted by Gasteiger charge is -2.23. The second-order valence-electron chi connectivity index (χ2n) is 8.69. The first-order chi connectivity index (χ1) is 16.0. The Hall–Kier alpha value is -2.11. The maximum Gasteiger partial charge on any atom is 0.511 e. The number of rotatable bonds is 19. The highest BCUT2D eigenvalue weighted by atomic mass is 16.7. The largest absolute Gasteiger partial charge is 0.511 e. The van der Waals surface area contributed by atoms with Gasteiger partial charge in [0.25, 0.3) is 0 Å². The van der Waals surface area contributed by atoms with Crippen LogP contribution in [0.15, 0.2) is 0 Å². The molecule has 190 valence electrons. The molecule has 6 nitrogen and oxygen atoms in total. The van der Waals surface area contributed by atoms with E-state index in [0.717, 1.165) is 68.9 Å². The van der Waals surface area contributed by atoms with E-state index in [4.69, 9.17) is 14.2 Å². The Bertz CT molecular complexity index is 686. The summed E-state index contributed by atoms with van der Waals surface area (Å²) >= 11 is 0. The van der Waals surface area contributed by atoms with E-state index < -0.39 is 6.16 Å². The summed E-state index contributed by atoms with van der Waals surface area (Å²) in [5, 5.41) is 20.4. The van der Waals surface area contributed by atoms with Crippen LogP contribution in [-0.2, 0) is 12.8 Å². The molecule has 0 bridgehead atoms. The molecule has 1 rings (SSSR count). The van der Waals surface area contributed by atoms with Crippen LogP contribution in [-0.4, -0.2) is 29.6 Å². The highest BCUT2D eigenvalue weighted by molar-refractivity contribution is 5.71. The fourth-order valence-corrected chi connectivity index (χ4v) is 4.00. The first kappa shape index (κ1) is 28.9. The highest BCUT2D eigenvalue weighted by Gasteiger charge is 2.28. The number of benzene rings is 1. The second-order valence-corrected chi connectivity index (χ2v) is 8.69. The summed E-state index contributed by atoms with van der Waals surface area (Å²) in [5.74, 6) is 0.506. The number of phenolic OH excluding ortho intramolecular Hbond substituents is 1. The van der Waals surface area contributed by atoms with Crippen molar-refractivity contribution in [3.8, 4) is 23.0 Å². The minimum atomic E-state index is -1.44. The Balaban J connectivity index is 3.45. The van der Waals surface area contributed by atoms with E-state index in [-0.39, 0.29) is 17.2 Å². The number of carbonyl (C=O) groups is 1. The third-order valence-electron chi connectivity index (χ3n) is 5.70. The Morgan fingerprint density at radius 1 is 0.636 bits per heavy atom. The molecule has 1 aromatic rings. The van der Waals surface area contributed by atoms with Crippen LogP contribution < -0.4 is 14.2 Å². The van der Waals surface area contributed by atoms with Crippen LogP contribution >= 0.6 is 0 Å². The minimum Gasteiger partial charge on any atom is -0.502 e. The standard InChI is InChI=1S/C27H46O6/c1-5-9-11-13-15-17-21-22(18-16-14-12-10-6-2)25(31-19-7-3)26(32-20-8-4)23(28)24(21)33-27(29)30/h28H,5-20H2,1-4H3,(H,29,30). The van der Waals surface area contributed by atoms with Gasteiger partial charge in [-0.05, 0) is 38.5 Å². The molecule has 33 heavy (non-hydrogen) atoms. The number of hydrogen-bond acceptors (Lipinski definition) is 5. The van der Waals surface area contributed by atoms with Crippen molar-refractivity contribution in [3.05, 3.63) is 11.1 Å². The molecule has 0 amide bonds. The van der Waals surface area contributed by atoms with Crippen molar-refractivity contribution in [2.75, 3.05) is 13.2 Å². The molecule has 2 N–H and O–H groups in total. The topological polar surface area (TPSA) is 85.2 Å². The summed E-state index contributed by atoms with van der Waals surface area (Å²) in [4.78, 5) is 11.5. The van der Waals surface area contributed by atoms with Gasteiger partial charge in [-0.25, -0.2) is 4.79 Å². The highest BCUT2D eigenvalue weighted by Crippen LogP contribution is 2.50. The van der Waals surface area contributed by atoms with Gasteiger partial charge in [-0.3, -0.25) is 0 Å². The summed E-state index contributed by atoms with van der Waals surface area (Å²) < 4.78 is 17.2. The van der Waals surface area contributed by atoms with E-state index in [9.17, 15) is 15.0 Å². The van der Waals surface area contributed by atoms with Crippen molar-refractivity contribution in [1.29, 1.82) is 0 Å². The van der Waals surface area contributed by atoms with E-state index in [1.54, 1.807) is 0 Å². The summed E-state index contributed by atoms with van der Waals surface area (Å²) in [6.07, 6.45) is 12.6. The van der Waals surface area contributed by atoms with Crippen molar-refractivity contribution >= 4 is 6.16 Å². The first-order valence-electron chi connectivity index (χ1n) is 13.1. The van der Waals surface area contributed by atoms with Crippen LogP contribution in [0.1, 0.15) is 116 Å². The zero-order chi connectivity index (χ0) is 24.5. The Labute approximate surface area is 200 Å². The average molecular weight is 467 g/mol. The molecule has 0 radical (unpaired) electrons. The molecule has 0 aliphatic rings. The number of aromatic hydroxyl groups is 1. The molecule has 0 heterocycles. The molecular weight excluding hydrogens is 420 g/mol. The molecule has 0 spiro atoms. The number of phenols is 1. The van der Waals surface area contributed by atoms with Crippen LogP contribution in [0.3, 0.4) is 0 Å². The van der Waals surface area contributed by atoms with E-state index >= 15 is 0 Å². The predicted octanol–water partition coefficient (Wildman–Crippen LogP) is 8.05. The van der Waals surface area contributed by atoms with E-state index in [2.05, 4.69) is 13.8 Å². The van der Waals surface area contributed by atoms with Gasteiger partial charge in [-0.1, -0.05) is 79.1 Å². The Kier molecular flexibility index (Phi) is 15.2. The molecule has 0 saturated heterocycles. The van der Waals surface area contributed by atoms with Crippen molar-refractivity contribution in [2.45, 2.75) is 118 Å². The smallest absolute Gasteiger partial charge is 0.502 e. The summed E-state index contributed by atoms with van der Waals surface area (Å²) in [7, 11) is 0. The molecule has 0 aliphatic carbocycles. The number of ether oxygens (including phenoxy) is 3. The summed E-state index contributed by atoms with van der Waals surface area (Å²) in [6.45, 7) is 9.29. The SMILES string of the molecule is CCCCCCCc1c(CCCCCCC)c(OCCC)c(OCCC)c(O)c1OC(=O)O. The molecule has 6 heteroatoms. The minimum absolute atomic E-state index is 0.0106. The van der Waals surface area contributed by atoms with Crippen LogP contribution in [0.5, 0.6) is 23.0 Å². The summed E-state index contributed by atoms with van der Waals surface area (Å²) in [5.41, 5.74) is 1.67. The van der Waals surface area contributed by atoms with Crippen molar-refractivity contribution in [2.24, 2.45) is 0 Å². The van der Waals surface area contributed by atoms with Crippen molar-refractivity contribution in [3.63, 3.8) is 0 Å². The van der Waals surface area contributed by atoms with Gasteiger partial charge in [0.15, 0.2) is 11.5 Å². The molecule has 0 aliphatic heterocycles. The van der Waals surface area contributed by atoms with Gasteiger partial charge in [0.2, 0.25) is 11.5 Å². The Morgan fingerprint density at radius 2 is 1.09 bits per heavy atom. The van der Waals surface area contributed by atoms with Crippen molar-refractivity contribution < 1.29 is 29.2 Å². The number of unbranched alkanes of at least 4 members (excludes halogenated alkanes) is 8. The predicted molar refractivity (Wildman–Crippen MR) is 133 cm³/mol. The molecular formula is C27H46O6. The van der Waals surface area contributed by atoms with E-state index in [0.29, 0.717) is 25.4 Å². The molecule has 1 aromatic carbocycles. The lowest BCUT2D eigenvalue weighted by molar-refractivity contribution is 0.141.